The number of H-pyrrole nitrogens is 1. The summed E-state index contributed by atoms with van der Waals surface area (Å²) in [7, 11) is 0. The quantitative estimate of drug-likeness (QED) is 0.750. The van der Waals surface area contributed by atoms with Crippen molar-refractivity contribution in [1.82, 2.24) is 24.6 Å². The van der Waals surface area contributed by atoms with E-state index in [1.807, 2.05) is 11.6 Å². The zero-order valence-corrected chi connectivity index (χ0v) is 14.9. The normalized spacial score (nSPS) is 18.4. The highest BCUT2D eigenvalue weighted by molar-refractivity contribution is 5.78. The lowest BCUT2D eigenvalue weighted by Gasteiger charge is -2.22. The minimum atomic E-state index is 0.116. The van der Waals surface area contributed by atoms with Crippen molar-refractivity contribution < 1.29 is 5.11 Å². The molecule has 0 saturated carbocycles. The van der Waals surface area contributed by atoms with Crippen molar-refractivity contribution in [2.45, 2.75) is 45.8 Å². The Hall–Kier alpha value is -2.18. The van der Waals surface area contributed by atoms with Gasteiger partial charge in [-0.15, -0.1) is 0 Å². The molecule has 4 rings (SSSR count). The molecule has 6 nitrogen and oxygen atoms in total. The number of nitrogens with one attached hydrogen (secondary N) is 1. The topological polar surface area (TPSA) is 70.0 Å². The van der Waals surface area contributed by atoms with E-state index in [-0.39, 0.29) is 6.61 Å². The maximum Gasteiger partial charge on any atom is 0.124 e. The zero-order valence-electron chi connectivity index (χ0n) is 14.9. The summed E-state index contributed by atoms with van der Waals surface area (Å²) in [4.78, 5) is 10.9. The van der Waals surface area contributed by atoms with Gasteiger partial charge in [-0.05, 0) is 44.9 Å². The second kappa shape index (κ2) is 6.61. The molecule has 1 aliphatic heterocycles. The van der Waals surface area contributed by atoms with Crippen LogP contribution in [0, 0.1) is 13.8 Å². The first kappa shape index (κ1) is 16.3. The predicted octanol–water partition coefficient (Wildman–Crippen LogP) is 2.71. The molecule has 1 saturated heterocycles. The molecule has 3 heterocycles. The number of aliphatic hydroxyl groups is 1. The maximum absolute atomic E-state index is 9.10. The Morgan fingerprint density at radius 2 is 2.20 bits per heavy atom. The summed E-state index contributed by atoms with van der Waals surface area (Å²) >= 11 is 0. The molecule has 25 heavy (non-hydrogen) atoms. The fourth-order valence-corrected chi connectivity index (χ4v) is 3.83. The third-order valence-electron chi connectivity index (χ3n) is 5.16. The zero-order chi connectivity index (χ0) is 17.4. The molecule has 1 fully saturated rings. The van der Waals surface area contributed by atoms with E-state index in [2.05, 4.69) is 46.3 Å². The van der Waals surface area contributed by atoms with E-state index in [1.54, 1.807) is 0 Å². The van der Waals surface area contributed by atoms with Crippen LogP contribution in [-0.4, -0.2) is 42.9 Å². The van der Waals surface area contributed by atoms with Gasteiger partial charge in [0.2, 0.25) is 0 Å². The van der Waals surface area contributed by atoms with Crippen LogP contribution in [0.4, 0.5) is 0 Å². The van der Waals surface area contributed by atoms with Crippen LogP contribution < -0.4 is 0 Å². The summed E-state index contributed by atoms with van der Waals surface area (Å²) in [5, 5.41) is 13.6. The van der Waals surface area contributed by atoms with Gasteiger partial charge in [0.05, 0.1) is 35.9 Å². The first-order chi connectivity index (χ1) is 12.2. The van der Waals surface area contributed by atoms with Gasteiger partial charge in [0.25, 0.3) is 0 Å². The van der Waals surface area contributed by atoms with Gasteiger partial charge in [-0.2, -0.15) is 5.10 Å². The van der Waals surface area contributed by atoms with E-state index in [0.717, 1.165) is 42.1 Å². The Morgan fingerprint density at radius 1 is 1.32 bits per heavy atom. The molecule has 2 N–H and O–H groups in total. The summed E-state index contributed by atoms with van der Waals surface area (Å²) in [6, 6.07) is 6.61. The van der Waals surface area contributed by atoms with Crippen LogP contribution in [0.1, 0.15) is 41.5 Å². The van der Waals surface area contributed by atoms with Gasteiger partial charge in [0, 0.05) is 18.3 Å². The van der Waals surface area contributed by atoms with Gasteiger partial charge in [-0.1, -0.05) is 12.1 Å². The highest BCUT2D eigenvalue weighted by Crippen LogP contribution is 2.33. The molecule has 1 aliphatic rings. The monoisotopic (exact) mass is 339 g/mol. The summed E-state index contributed by atoms with van der Waals surface area (Å²) < 4.78 is 1.83. The van der Waals surface area contributed by atoms with Crippen molar-refractivity contribution in [2.24, 2.45) is 0 Å². The van der Waals surface area contributed by atoms with Crippen molar-refractivity contribution in [3.05, 3.63) is 47.0 Å². The molecule has 0 unspecified atom stereocenters. The molecule has 0 amide bonds. The number of hydrogen-bond donors (Lipinski definition) is 2. The molecule has 1 aromatic carbocycles. The second-order valence-electron chi connectivity index (χ2n) is 6.95. The van der Waals surface area contributed by atoms with Crippen molar-refractivity contribution >= 4 is 11.0 Å². The Balaban J connectivity index is 1.58. The number of rotatable bonds is 5. The third kappa shape index (κ3) is 3.07. The molecule has 132 valence electrons. The standard InChI is InChI=1S/C19H25N5O/c1-13-5-3-6-16-18(13)21-19(20-16)17-7-4-8-23(17)11-15-12-24(9-10-25)22-14(15)2/h3,5-6,12,17,25H,4,7-11H2,1-2H3,(H,20,21)/t17-/m0/s1. The minimum absolute atomic E-state index is 0.116. The number of benzene rings is 1. The SMILES string of the molecule is Cc1nn(CCO)cc1CN1CCC[C@H]1c1nc2c(C)cccc2[nH]1. The second-order valence-corrected chi connectivity index (χ2v) is 6.95. The average molecular weight is 339 g/mol. The van der Waals surface area contributed by atoms with Crippen molar-refractivity contribution in [3.8, 4) is 0 Å². The van der Waals surface area contributed by atoms with Gasteiger partial charge in [-0.3, -0.25) is 9.58 Å². The Kier molecular flexibility index (Phi) is 4.31. The van der Waals surface area contributed by atoms with E-state index in [0.29, 0.717) is 12.6 Å². The van der Waals surface area contributed by atoms with Crippen LogP contribution in [0.3, 0.4) is 0 Å². The number of aromatic amines is 1. The molecule has 2 aromatic heterocycles. The van der Waals surface area contributed by atoms with E-state index >= 15 is 0 Å². The first-order valence-electron chi connectivity index (χ1n) is 8.99. The van der Waals surface area contributed by atoms with Gasteiger partial charge in [0.15, 0.2) is 0 Å². The number of imidazole rings is 1. The van der Waals surface area contributed by atoms with Crippen LogP contribution in [0.5, 0.6) is 0 Å². The number of para-hydroxylation sites is 1. The molecule has 0 aliphatic carbocycles. The lowest BCUT2D eigenvalue weighted by Crippen LogP contribution is -2.23. The Bertz CT molecular complexity index is 881. The van der Waals surface area contributed by atoms with E-state index in [4.69, 9.17) is 10.1 Å². The van der Waals surface area contributed by atoms with Crippen LogP contribution in [0.2, 0.25) is 0 Å². The number of fused-ring (bicyclic) bond motifs is 1. The fraction of sp³-hybridized carbons (Fsp3) is 0.474. The number of nitrogens with zero attached hydrogens (tertiary/aromatic N) is 4. The molecular formula is C19H25N5O. The molecule has 6 heteroatoms. The van der Waals surface area contributed by atoms with Gasteiger partial charge in [0.1, 0.15) is 5.82 Å². The van der Waals surface area contributed by atoms with Crippen LogP contribution in [0.25, 0.3) is 11.0 Å². The van der Waals surface area contributed by atoms with E-state index < -0.39 is 0 Å². The van der Waals surface area contributed by atoms with Gasteiger partial charge < -0.3 is 10.1 Å². The molecule has 0 radical (unpaired) electrons. The highest BCUT2D eigenvalue weighted by atomic mass is 16.3. The van der Waals surface area contributed by atoms with E-state index in [9.17, 15) is 0 Å². The van der Waals surface area contributed by atoms with Crippen molar-refractivity contribution in [3.63, 3.8) is 0 Å². The minimum Gasteiger partial charge on any atom is -0.394 e. The first-order valence-corrected chi connectivity index (χ1v) is 8.99. The van der Waals surface area contributed by atoms with Crippen LogP contribution in [-0.2, 0) is 13.1 Å². The number of aromatic nitrogens is 4. The largest absolute Gasteiger partial charge is 0.394 e. The van der Waals surface area contributed by atoms with E-state index in [1.165, 1.54) is 17.5 Å². The number of likely N-dealkylation sites (tertiary alicyclic amines) is 1. The highest BCUT2D eigenvalue weighted by Gasteiger charge is 2.29. The Labute approximate surface area is 147 Å². The third-order valence-corrected chi connectivity index (χ3v) is 5.16. The van der Waals surface area contributed by atoms with Crippen molar-refractivity contribution in [2.75, 3.05) is 13.2 Å². The molecule has 0 spiro atoms. The average Bonchev–Trinajstić information content (AvgIpc) is 3.28. The molecule has 3 aromatic rings. The number of hydrogen-bond acceptors (Lipinski definition) is 4. The van der Waals surface area contributed by atoms with Gasteiger partial charge in [-0.25, -0.2) is 4.98 Å². The summed E-state index contributed by atoms with van der Waals surface area (Å²) in [5.74, 6) is 1.07. The molecule has 0 bridgehead atoms. The van der Waals surface area contributed by atoms with Crippen molar-refractivity contribution in [1.29, 1.82) is 0 Å². The predicted molar refractivity (Wildman–Crippen MR) is 97.3 cm³/mol. The maximum atomic E-state index is 9.10. The lowest BCUT2D eigenvalue weighted by atomic mass is 10.2. The number of aliphatic hydroxyl groups excluding tert-OH is 1. The number of aryl methyl sites for hydroxylation is 2. The lowest BCUT2D eigenvalue weighted by molar-refractivity contribution is 0.240. The smallest absolute Gasteiger partial charge is 0.124 e. The summed E-state index contributed by atoms with van der Waals surface area (Å²) in [6.07, 6.45) is 4.37. The van der Waals surface area contributed by atoms with Crippen LogP contribution in [0.15, 0.2) is 24.4 Å². The molecule has 1 atom stereocenters. The molecular weight excluding hydrogens is 314 g/mol. The fourth-order valence-electron chi connectivity index (χ4n) is 3.83. The van der Waals surface area contributed by atoms with Gasteiger partial charge >= 0.3 is 0 Å². The Morgan fingerprint density at radius 3 is 3.00 bits per heavy atom. The summed E-state index contributed by atoms with van der Waals surface area (Å²) in [6.45, 7) is 6.76. The summed E-state index contributed by atoms with van der Waals surface area (Å²) in [5.41, 5.74) is 5.68. The van der Waals surface area contributed by atoms with Crippen LogP contribution >= 0.6 is 0 Å².